The van der Waals surface area contributed by atoms with Crippen LogP contribution in [0.4, 0.5) is 13.2 Å². The third-order valence-electron chi connectivity index (χ3n) is 6.64. The van der Waals surface area contributed by atoms with E-state index in [4.69, 9.17) is 5.26 Å². The molecule has 1 saturated carbocycles. The van der Waals surface area contributed by atoms with Gasteiger partial charge >= 0.3 is 6.18 Å². The van der Waals surface area contributed by atoms with Gasteiger partial charge in [0.2, 0.25) is 11.6 Å². The summed E-state index contributed by atoms with van der Waals surface area (Å²) < 4.78 is 58.6. The number of aromatic nitrogens is 1. The Hall–Kier alpha value is -3.91. The van der Waals surface area contributed by atoms with Crippen molar-refractivity contribution in [1.29, 1.82) is 5.26 Å². The predicted octanol–water partition coefficient (Wildman–Crippen LogP) is 6.07. The summed E-state index contributed by atoms with van der Waals surface area (Å²) in [6, 6.07) is 10.9. The number of amides is 1. The minimum Gasteiger partial charge on any atom is -0.348 e. The summed E-state index contributed by atoms with van der Waals surface area (Å²) in [5.41, 5.74) is -0.528. The van der Waals surface area contributed by atoms with Crippen molar-refractivity contribution in [2.45, 2.75) is 62.5 Å². The fourth-order valence-corrected chi connectivity index (χ4v) is 6.52. The number of alkyl halides is 3. The molecule has 1 aliphatic rings. The van der Waals surface area contributed by atoms with Gasteiger partial charge in [0.05, 0.1) is 15.3 Å². The monoisotopic (exact) mass is 558 g/mol. The van der Waals surface area contributed by atoms with Gasteiger partial charge < -0.3 is 9.88 Å². The Kier molecular flexibility index (Phi) is 7.70. The van der Waals surface area contributed by atoms with Crippen molar-refractivity contribution in [3.63, 3.8) is 0 Å². The number of halogens is 3. The molecule has 0 radical (unpaired) electrons. The zero-order valence-electron chi connectivity index (χ0n) is 21.6. The van der Waals surface area contributed by atoms with E-state index in [0.29, 0.717) is 16.2 Å². The Balaban J connectivity index is 0.00000441. The molecule has 7 nitrogen and oxygen atoms in total. The number of nitriles is 1. The van der Waals surface area contributed by atoms with Crippen LogP contribution in [0.25, 0.3) is 11.1 Å². The highest BCUT2D eigenvalue weighted by molar-refractivity contribution is 7.94. The third kappa shape index (κ3) is 5.76. The number of hydrogen-bond acceptors (Lipinski definition) is 5. The molecule has 0 bridgehead atoms. The Bertz CT molecular complexity index is 1650. The van der Waals surface area contributed by atoms with Gasteiger partial charge in [-0.05, 0) is 69.0 Å². The predicted molar refractivity (Wildman–Crippen MR) is 143 cm³/mol. The standard InChI is InChI=1S/C28H27F3N4O3S.H2/c1-17(2)35-15-24(26(36)25(18(35)3)20-5-4-6-21(13-20)28(29,30)31)27(37)33-14-19-7-9-22(10-8-19)39(38,34-16-32)23-11-12-23;/h4-10,13,15,17,23H,11-12,14H2,1-3H3,(H,33,37);1H. The van der Waals surface area contributed by atoms with Crippen LogP contribution < -0.4 is 10.7 Å². The van der Waals surface area contributed by atoms with Crippen LogP contribution in [0.2, 0.25) is 0 Å². The van der Waals surface area contributed by atoms with Gasteiger partial charge in [0, 0.05) is 41.6 Å². The Morgan fingerprint density at radius 2 is 1.90 bits per heavy atom. The van der Waals surface area contributed by atoms with E-state index in [1.807, 2.05) is 13.8 Å². The molecule has 3 aromatic rings. The summed E-state index contributed by atoms with van der Waals surface area (Å²) in [4.78, 5) is 27.0. The van der Waals surface area contributed by atoms with Gasteiger partial charge in [-0.3, -0.25) is 9.59 Å². The first-order valence-electron chi connectivity index (χ1n) is 12.3. The highest BCUT2D eigenvalue weighted by Crippen LogP contribution is 2.35. The van der Waals surface area contributed by atoms with Crippen LogP contribution in [0.5, 0.6) is 0 Å². The average Bonchev–Trinajstić information content (AvgIpc) is 3.74. The quantitative estimate of drug-likeness (QED) is 0.356. The lowest BCUT2D eigenvalue weighted by Crippen LogP contribution is -2.31. The number of benzene rings is 2. The van der Waals surface area contributed by atoms with Gasteiger partial charge in [-0.25, -0.2) is 4.21 Å². The van der Waals surface area contributed by atoms with Crippen LogP contribution in [0.1, 0.15) is 61.3 Å². The first-order chi connectivity index (χ1) is 18.4. The van der Waals surface area contributed by atoms with E-state index in [0.717, 1.165) is 25.0 Å². The maximum absolute atomic E-state index is 13.4. The van der Waals surface area contributed by atoms with E-state index >= 15 is 0 Å². The second kappa shape index (κ2) is 10.7. The van der Waals surface area contributed by atoms with Crippen molar-refractivity contribution in [2.75, 3.05) is 0 Å². The molecule has 206 valence electrons. The topological polar surface area (TPSA) is 104 Å². The Labute approximate surface area is 226 Å². The van der Waals surface area contributed by atoms with E-state index in [1.54, 1.807) is 41.9 Å². The van der Waals surface area contributed by atoms with Gasteiger partial charge in [-0.15, -0.1) is 4.36 Å². The van der Waals surface area contributed by atoms with Crippen molar-refractivity contribution in [1.82, 2.24) is 9.88 Å². The van der Waals surface area contributed by atoms with E-state index in [1.165, 1.54) is 18.3 Å². The average molecular weight is 559 g/mol. The first kappa shape index (κ1) is 28.1. The fourth-order valence-electron chi connectivity index (χ4n) is 4.46. The maximum atomic E-state index is 13.4. The first-order valence-corrected chi connectivity index (χ1v) is 13.9. The fraction of sp³-hybridized carbons (Fsp3) is 0.321. The minimum absolute atomic E-state index is 0. The molecule has 1 heterocycles. The molecule has 1 aromatic heterocycles. The summed E-state index contributed by atoms with van der Waals surface area (Å²) in [6.07, 6.45) is -0.0164. The summed E-state index contributed by atoms with van der Waals surface area (Å²) in [7, 11) is -2.82. The number of carbonyl (C=O) groups is 1. The lowest BCUT2D eigenvalue weighted by molar-refractivity contribution is -0.137. The van der Waals surface area contributed by atoms with Crippen molar-refractivity contribution in [3.05, 3.63) is 87.3 Å². The molecular weight excluding hydrogens is 529 g/mol. The summed E-state index contributed by atoms with van der Waals surface area (Å²) >= 11 is 0. The summed E-state index contributed by atoms with van der Waals surface area (Å²) in [6.45, 7) is 5.37. The zero-order valence-corrected chi connectivity index (χ0v) is 22.4. The number of pyridine rings is 1. The molecule has 1 amide bonds. The van der Waals surface area contributed by atoms with Gasteiger partial charge in [0.25, 0.3) is 5.91 Å². The van der Waals surface area contributed by atoms with Crippen molar-refractivity contribution in [3.8, 4) is 17.3 Å². The van der Waals surface area contributed by atoms with Gasteiger partial charge in [-0.2, -0.15) is 18.4 Å². The molecule has 1 unspecified atom stereocenters. The number of carbonyl (C=O) groups excluding carboxylic acids is 1. The van der Waals surface area contributed by atoms with Crippen molar-refractivity contribution < 1.29 is 23.6 Å². The van der Waals surface area contributed by atoms with Crippen LogP contribution in [-0.2, 0) is 22.5 Å². The normalized spacial score (nSPS) is 14.9. The second-order valence-corrected chi connectivity index (χ2v) is 12.2. The van der Waals surface area contributed by atoms with E-state index in [-0.39, 0.29) is 36.0 Å². The van der Waals surface area contributed by atoms with Crippen molar-refractivity contribution in [2.24, 2.45) is 4.36 Å². The molecule has 0 spiro atoms. The van der Waals surface area contributed by atoms with Crippen LogP contribution >= 0.6 is 0 Å². The smallest absolute Gasteiger partial charge is 0.348 e. The molecule has 4 rings (SSSR count). The highest BCUT2D eigenvalue weighted by atomic mass is 32.2. The lowest BCUT2D eigenvalue weighted by atomic mass is 9.98. The van der Waals surface area contributed by atoms with Crippen molar-refractivity contribution >= 4 is 15.6 Å². The second-order valence-electron chi connectivity index (χ2n) is 9.70. The maximum Gasteiger partial charge on any atom is 0.416 e. The zero-order chi connectivity index (χ0) is 28.5. The molecule has 0 saturated heterocycles. The molecule has 1 fully saturated rings. The molecule has 2 aromatic carbocycles. The third-order valence-corrected chi connectivity index (χ3v) is 9.31. The SMILES string of the molecule is Cc1c(-c2cccc(C(F)(F)F)c2)c(=O)c(C(=O)NCc2ccc(S(=O)(=NC#N)C3CC3)cc2)cn1C(C)C.[HH]. The number of hydrogen-bond donors (Lipinski definition) is 1. The molecular formula is C28H29F3N4O3S. The molecule has 0 aliphatic heterocycles. The summed E-state index contributed by atoms with van der Waals surface area (Å²) in [5, 5.41) is 11.5. The van der Waals surface area contributed by atoms with E-state index < -0.39 is 32.8 Å². The largest absolute Gasteiger partial charge is 0.416 e. The summed E-state index contributed by atoms with van der Waals surface area (Å²) in [5.74, 6) is -0.673. The molecule has 1 N–H and O–H groups in total. The van der Waals surface area contributed by atoms with Crippen LogP contribution in [0.15, 0.2) is 68.8 Å². The molecule has 1 aliphatic carbocycles. The highest BCUT2D eigenvalue weighted by Gasteiger charge is 2.35. The van der Waals surface area contributed by atoms with Crippen LogP contribution in [0, 0.1) is 18.4 Å². The van der Waals surface area contributed by atoms with Gasteiger partial charge in [-0.1, -0.05) is 24.3 Å². The van der Waals surface area contributed by atoms with Gasteiger partial charge in [0.15, 0.2) is 0 Å². The Morgan fingerprint density at radius 3 is 2.46 bits per heavy atom. The lowest BCUT2D eigenvalue weighted by Gasteiger charge is -2.20. The number of nitrogens with zero attached hydrogens (tertiary/aromatic N) is 3. The molecule has 39 heavy (non-hydrogen) atoms. The van der Waals surface area contributed by atoms with E-state index in [9.17, 15) is 27.0 Å². The van der Waals surface area contributed by atoms with Gasteiger partial charge in [0.1, 0.15) is 5.56 Å². The Morgan fingerprint density at radius 1 is 1.23 bits per heavy atom. The van der Waals surface area contributed by atoms with E-state index in [2.05, 4.69) is 9.68 Å². The minimum atomic E-state index is -4.58. The molecule has 11 heteroatoms. The molecule has 1 atom stereocenters. The van der Waals surface area contributed by atoms with Crippen LogP contribution in [-0.4, -0.2) is 19.9 Å². The number of nitrogens with one attached hydrogen (secondary N) is 1. The van der Waals surface area contributed by atoms with Crippen LogP contribution in [0.3, 0.4) is 0 Å². The number of rotatable bonds is 7.